The molecule has 1 heterocycles. The van der Waals surface area contributed by atoms with E-state index in [0.717, 1.165) is 42.7 Å². The first-order chi connectivity index (χ1) is 11.0. The molecule has 1 N–H and O–H groups in total. The zero-order valence-electron chi connectivity index (χ0n) is 12.7. The molecule has 0 saturated heterocycles. The number of pyridine rings is 1. The number of aromatic nitrogens is 1. The predicted octanol–water partition coefficient (Wildman–Crippen LogP) is 5.91. The van der Waals surface area contributed by atoms with E-state index in [1.54, 1.807) is 6.20 Å². The molecule has 3 rings (SSSR count). The van der Waals surface area contributed by atoms with Gasteiger partial charge < -0.3 is 5.32 Å². The highest BCUT2D eigenvalue weighted by molar-refractivity contribution is 8.45. The van der Waals surface area contributed by atoms with Crippen LogP contribution in [0, 0.1) is 0 Å². The average Bonchev–Trinajstić information content (AvgIpc) is 2.51. The third-order valence-corrected chi connectivity index (χ3v) is 5.28. The Balaban J connectivity index is 1.71. The number of rotatable bonds is 4. The highest BCUT2D eigenvalue weighted by Crippen LogP contribution is 3.02. The van der Waals surface area contributed by atoms with Crippen LogP contribution in [0.15, 0.2) is 47.5 Å². The summed E-state index contributed by atoms with van der Waals surface area (Å²) in [6.07, 6.45) is 4.55. The molecular formula is C16H17F5N2S. The highest BCUT2D eigenvalue weighted by Gasteiger charge is 2.65. The maximum absolute atomic E-state index is 12.7. The summed E-state index contributed by atoms with van der Waals surface area (Å²) in [6.45, 7) is 0.293. The molecule has 0 amide bonds. The number of hydrogen-bond donors (Lipinski definition) is 1. The largest absolute Gasteiger partial charge is 0.310 e. The maximum Gasteiger partial charge on any atom is 0.310 e. The zero-order valence-corrected chi connectivity index (χ0v) is 13.5. The van der Waals surface area contributed by atoms with Crippen LogP contribution in [0.3, 0.4) is 0 Å². The van der Waals surface area contributed by atoms with Crippen molar-refractivity contribution in [2.24, 2.45) is 0 Å². The molecule has 1 aromatic carbocycles. The van der Waals surface area contributed by atoms with Crippen molar-refractivity contribution in [3.8, 4) is 0 Å². The van der Waals surface area contributed by atoms with Gasteiger partial charge in [-0.25, -0.2) is 0 Å². The molecule has 8 heteroatoms. The second-order valence-corrected chi connectivity index (χ2v) is 8.40. The van der Waals surface area contributed by atoms with E-state index in [1.807, 2.05) is 12.1 Å². The molecule has 2 nitrogen and oxygen atoms in total. The number of halogens is 5. The first kappa shape index (κ1) is 17.2. The van der Waals surface area contributed by atoms with Crippen LogP contribution in [-0.2, 0) is 13.0 Å². The van der Waals surface area contributed by atoms with Crippen molar-refractivity contribution in [3.05, 3.63) is 59.4 Å². The minimum Gasteiger partial charge on any atom is -0.305 e. The van der Waals surface area contributed by atoms with Gasteiger partial charge in [-0.3, -0.25) is 4.98 Å². The summed E-state index contributed by atoms with van der Waals surface area (Å²) in [4.78, 5) is 2.51. The Morgan fingerprint density at radius 3 is 2.42 bits per heavy atom. The van der Waals surface area contributed by atoms with Crippen LogP contribution in [-0.4, -0.2) is 4.98 Å². The van der Waals surface area contributed by atoms with E-state index >= 15 is 0 Å². The second kappa shape index (κ2) is 5.16. The summed E-state index contributed by atoms with van der Waals surface area (Å²) in [6, 6.07) is 6.98. The topological polar surface area (TPSA) is 24.9 Å². The van der Waals surface area contributed by atoms with Gasteiger partial charge in [-0.1, -0.05) is 37.6 Å². The monoisotopic (exact) mass is 364 g/mol. The lowest BCUT2D eigenvalue weighted by atomic mass is 9.92. The lowest BCUT2D eigenvalue weighted by Gasteiger charge is -2.40. The summed E-state index contributed by atoms with van der Waals surface area (Å²) in [5, 5.41) is 3.25. The fraction of sp³-hybridized carbons (Fsp3) is 0.312. The van der Waals surface area contributed by atoms with E-state index in [9.17, 15) is 19.4 Å². The molecule has 0 bridgehead atoms. The molecule has 0 fully saturated rings. The third-order valence-electron chi connectivity index (χ3n) is 4.12. The standard InChI is InChI=1S/C16H17F5N2S/c17-24(18,19,20,21)14-8-6-12(7-9-14)11-23-15-5-1-3-13-4-2-10-22-16(13)15/h2,4,6-10,15,23H,1,3,5,11H2/t15-/m1/s1. The quantitative estimate of drug-likeness (QED) is 0.683. The summed E-state index contributed by atoms with van der Waals surface area (Å²) in [7, 11) is -9.60. The number of fused-ring (bicyclic) bond motifs is 1. The lowest BCUT2D eigenvalue weighted by molar-refractivity contribution is 0.364. The predicted molar refractivity (Wildman–Crippen MR) is 84.6 cm³/mol. The fourth-order valence-corrected chi connectivity index (χ4v) is 3.56. The van der Waals surface area contributed by atoms with Crippen LogP contribution < -0.4 is 5.32 Å². The Morgan fingerprint density at radius 1 is 1.04 bits per heavy atom. The highest BCUT2D eigenvalue weighted by atomic mass is 32.5. The lowest BCUT2D eigenvalue weighted by Crippen LogP contribution is -2.25. The maximum atomic E-state index is 12.7. The van der Waals surface area contributed by atoms with Gasteiger partial charge >= 0.3 is 10.2 Å². The first-order valence-electron chi connectivity index (χ1n) is 7.53. The van der Waals surface area contributed by atoms with Crippen molar-refractivity contribution in [1.82, 2.24) is 10.3 Å². The Morgan fingerprint density at radius 2 is 1.75 bits per heavy atom. The molecule has 0 aliphatic heterocycles. The molecule has 1 aliphatic carbocycles. The molecule has 0 unspecified atom stereocenters. The van der Waals surface area contributed by atoms with Crippen LogP contribution >= 0.6 is 10.2 Å². The average molecular weight is 364 g/mol. The number of benzene rings is 1. The van der Waals surface area contributed by atoms with Crippen molar-refractivity contribution >= 4 is 10.2 Å². The molecule has 0 radical (unpaired) electrons. The number of nitrogens with zero attached hydrogens (tertiary/aromatic N) is 1. The normalized spacial score (nSPS) is 20.8. The van der Waals surface area contributed by atoms with Crippen LogP contribution in [0.25, 0.3) is 0 Å². The van der Waals surface area contributed by atoms with E-state index in [-0.39, 0.29) is 6.04 Å². The van der Waals surface area contributed by atoms with Crippen molar-refractivity contribution in [2.75, 3.05) is 0 Å². The number of aryl methyl sites for hydroxylation is 1. The molecule has 2 aromatic rings. The van der Waals surface area contributed by atoms with Gasteiger partial charge in [0, 0.05) is 12.7 Å². The number of hydrogen-bond acceptors (Lipinski definition) is 2. The Kier molecular flexibility index (Phi) is 3.69. The first-order valence-corrected chi connectivity index (χ1v) is 9.48. The zero-order chi connectivity index (χ0) is 17.5. The molecule has 132 valence electrons. The molecule has 0 saturated carbocycles. The SMILES string of the molecule is FS(F)(F)(F)(F)c1ccc(CN[C@@H]2CCCc3cccnc32)cc1. The Labute approximate surface area is 136 Å². The van der Waals surface area contributed by atoms with E-state index in [1.165, 1.54) is 0 Å². The van der Waals surface area contributed by atoms with Crippen LogP contribution in [0.4, 0.5) is 19.4 Å². The van der Waals surface area contributed by atoms with Gasteiger partial charge in [0.25, 0.3) is 0 Å². The second-order valence-electron chi connectivity index (χ2n) is 5.99. The van der Waals surface area contributed by atoms with Gasteiger partial charge in [-0.05, 0) is 48.6 Å². The van der Waals surface area contributed by atoms with Gasteiger partial charge in [-0.15, -0.1) is 0 Å². The molecule has 1 atom stereocenters. The van der Waals surface area contributed by atoms with E-state index < -0.39 is 15.1 Å². The smallest absolute Gasteiger partial charge is 0.305 e. The van der Waals surface area contributed by atoms with Crippen LogP contribution in [0.1, 0.15) is 35.7 Å². The molecule has 1 aliphatic rings. The molecule has 1 aromatic heterocycles. The molecule has 0 spiro atoms. The van der Waals surface area contributed by atoms with Gasteiger partial charge in [-0.2, -0.15) is 0 Å². The minimum absolute atomic E-state index is 0.0187. The van der Waals surface area contributed by atoms with Crippen LogP contribution in [0.2, 0.25) is 0 Å². The van der Waals surface area contributed by atoms with Gasteiger partial charge in [0.15, 0.2) is 0 Å². The fourth-order valence-electron chi connectivity index (χ4n) is 2.91. The van der Waals surface area contributed by atoms with Crippen molar-refractivity contribution < 1.29 is 19.4 Å². The van der Waals surface area contributed by atoms with Gasteiger partial charge in [0.1, 0.15) is 4.90 Å². The van der Waals surface area contributed by atoms with Gasteiger partial charge in [0.2, 0.25) is 0 Å². The van der Waals surface area contributed by atoms with Crippen molar-refractivity contribution in [3.63, 3.8) is 0 Å². The minimum atomic E-state index is -9.60. The molecule has 24 heavy (non-hydrogen) atoms. The third kappa shape index (κ3) is 3.87. The van der Waals surface area contributed by atoms with E-state index in [2.05, 4.69) is 10.3 Å². The summed E-state index contributed by atoms with van der Waals surface area (Å²) >= 11 is 0. The summed E-state index contributed by atoms with van der Waals surface area (Å²) in [5.41, 5.74) is 2.63. The van der Waals surface area contributed by atoms with E-state index in [4.69, 9.17) is 0 Å². The number of nitrogens with one attached hydrogen (secondary N) is 1. The van der Waals surface area contributed by atoms with Crippen LogP contribution in [0.5, 0.6) is 0 Å². The molecular weight excluding hydrogens is 347 g/mol. The van der Waals surface area contributed by atoms with E-state index in [0.29, 0.717) is 24.2 Å². The van der Waals surface area contributed by atoms with Crippen molar-refractivity contribution in [1.29, 1.82) is 0 Å². The summed E-state index contributed by atoms with van der Waals surface area (Å²) in [5.74, 6) is 0. The van der Waals surface area contributed by atoms with Gasteiger partial charge in [0.05, 0.1) is 11.7 Å². The summed E-state index contributed by atoms with van der Waals surface area (Å²) < 4.78 is 63.5. The Hall–Kier alpha value is -1.67. The van der Waals surface area contributed by atoms with Crippen molar-refractivity contribution in [2.45, 2.75) is 36.7 Å². The Bertz CT molecular complexity index is 743.